The maximum atomic E-state index is 12.0. The molecule has 0 aliphatic carbocycles. The molecule has 0 saturated carbocycles. The Morgan fingerprint density at radius 3 is 2.47 bits per heavy atom. The van der Waals surface area contributed by atoms with Gasteiger partial charge in [0, 0.05) is 8.59 Å². The summed E-state index contributed by atoms with van der Waals surface area (Å²) in [4.78, 5) is 0. The first-order chi connectivity index (χ1) is 6.83. The number of sulfonamides is 1. The second-order valence-electron chi connectivity index (χ2n) is 2.53. The summed E-state index contributed by atoms with van der Waals surface area (Å²) in [6.45, 7) is 0. The molecule has 0 heterocycles. The SMILES string of the molecule is O=S(=O)(Nc1ccc(Cl)cc1I)C(F)F. The highest BCUT2D eigenvalue weighted by molar-refractivity contribution is 14.1. The fraction of sp³-hybridized carbons (Fsp3) is 0.143. The van der Waals surface area contributed by atoms with Crippen molar-refractivity contribution in [3.8, 4) is 0 Å². The minimum Gasteiger partial charge on any atom is -0.278 e. The van der Waals surface area contributed by atoms with Crippen LogP contribution in [0.4, 0.5) is 14.5 Å². The quantitative estimate of drug-likeness (QED) is 0.835. The molecule has 0 unspecified atom stereocenters. The van der Waals surface area contributed by atoms with Gasteiger partial charge in [-0.05, 0) is 40.8 Å². The predicted octanol–water partition coefficient (Wildman–Crippen LogP) is 2.91. The van der Waals surface area contributed by atoms with E-state index in [0.29, 0.717) is 8.59 Å². The van der Waals surface area contributed by atoms with E-state index < -0.39 is 15.8 Å². The van der Waals surface area contributed by atoms with Crippen molar-refractivity contribution >= 4 is 49.9 Å². The van der Waals surface area contributed by atoms with Gasteiger partial charge in [0.05, 0.1) is 5.69 Å². The summed E-state index contributed by atoms with van der Waals surface area (Å²) in [7, 11) is -4.62. The molecule has 15 heavy (non-hydrogen) atoms. The molecule has 0 aliphatic rings. The number of rotatable bonds is 3. The van der Waals surface area contributed by atoms with Crippen LogP contribution in [0.25, 0.3) is 0 Å². The van der Waals surface area contributed by atoms with Gasteiger partial charge >= 0.3 is 5.76 Å². The van der Waals surface area contributed by atoms with E-state index in [0.717, 1.165) is 0 Å². The number of nitrogens with one attached hydrogen (secondary N) is 1. The van der Waals surface area contributed by atoms with E-state index in [1.807, 2.05) is 0 Å². The van der Waals surface area contributed by atoms with Gasteiger partial charge in [0.15, 0.2) is 0 Å². The smallest absolute Gasteiger partial charge is 0.278 e. The average Bonchev–Trinajstić information content (AvgIpc) is 2.09. The first-order valence-electron chi connectivity index (χ1n) is 3.58. The van der Waals surface area contributed by atoms with Crippen LogP contribution >= 0.6 is 34.2 Å². The molecule has 84 valence electrons. The lowest BCUT2D eigenvalue weighted by Crippen LogP contribution is -2.21. The molecule has 1 aromatic rings. The molecule has 0 amide bonds. The Hall–Kier alpha value is -0.150. The van der Waals surface area contributed by atoms with Gasteiger partial charge < -0.3 is 0 Å². The highest BCUT2D eigenvalue weighted by Crippen LogP contribution is 2.24. The molecule has 0 saturated heterocycles. The number of benzene rings is 1. The van der Waals surface area contributed by atoms with Crippen LogP contribution in [0.15, 0.2) is 18.2 Å². The van der Waals surface area contributed by atoms with Crippen molar-refractivity contribution in [1.82, 2.24) is 0 Å². The molecular formula is C7H5ClF2INO2S. The van der Waals surface area contributed by atoms with Crippen molar-refractivity contribution in [1.29, 1.82) is 0 Å². The van der Waals surface area contributed by atoms with Crippen LogP contribution in [0.3, 0.4) is 0 Å². The molecular weight excluding hydrogens is 363 g/mol. The number of halogens is 4. The Labute approximate surface area is 104 Å². The molecule has 0 fully saturated rings. The number of hydrogen-bond donors (Lipinski definition) is 1. The van der Waals surface area contributed by atoms with Gasteiger partial charge in [0.1, 0.15) is 0 Å². The van der Waals surface area contributed by atoms with Crippen molar-refractivity contribution < 1.29 is 17.2 Å². The van der Waals surface area contributed by atoms with Gasteiger partial charge in [-0.15, -0.1) is 0 Å². The molecule has 0 aliphatic heterocycles. The molecule has 1 N–H and O–H groups in total. The molecule has 8 heteroatoms. The van der Waals surface area contributed by atoms with Gasteiger partial charge in [-0.3, -0.25) is 4.72 Å². The van der Waals surface area contributed by atoms with Crippen molar-refractivity contribution in [2.24, 2.45) is 0 Å². The van der Waals surface area contributed by atoms with E-state index in [9.17, 15) is 17.2 Å². The highest BCUT2D eigenvalue weighted by Gasteiger charge is 2.24. The third kappa shape index (κ3) is 3.42. The van der Waals surface area contributed by atoms with Crippen LogP contribution in [0.5, 0.6) is 0 Å². The minimum atomic E-state index is -4.62. The fourth-order valence-corrected chi connectivity index (χ4v) is 2.53. The van der Waals surface area contributed by atoms with E-state index in [1.54, 1.807) is 27.3 Å². The van der Waals surface area contributed by atoms with Crippen molar-refractivity contribution in [2.45, 2.75) is 5.76 Å². The molecule has 0 radical (unpaired) electrons. The Morgan fingerprint density at radius 1 is 1.40 bits per heavy atom. The average molecular weight is 368 g/mol. The predicted molar refractivity (Wildman–Crippen MR) is 62.7 cm³/mol. The molecule has 1 aromatic carbocycles. The molecule has 0 bridgehead atoms. The molecule has 3 nitrogen and oxygen atoms in total. The van der Waals surface area contributed by atoms with E-state index in [4.69, 9.17) is 11.6 Å². The number of hydrogen-bond acceptors (Lipinski definition) is 2. The third-order valence-corrected chi connectivity index (χ3v) is 3.52. The Kier molecular flexibility index (Phi) is 4.13. The van der Waals surface area contributed by atoms with Crippen LogP contribution in [0.1, 0.15) is 0 Å². The molecule has 0 atom stereocenters. The lowest BCUT2D eigenvalue weighted by Gasteiger charge is -2.08. The van der Waals surface area contributed by atoms with Crippen LogP contribution < -0.4 is 4.72 Å². The summed E-state index contributed by atoms with van der Waals surface area (Å²) in [6, 6.07) is 4.20. The second kappa shape index (κ2) is 4.79. The minimum absolute atomic E-state index is 0.0836. The summed E-state index contributed by atoms with van der Waals surface area (Å²) in [6.07, 6.45) is 0. The van der Waals surface area contributed by atoms with E-state index >= 15 is 0 Å². The number of anilines is 1. The molecule has 1 rings (SSSR count). The van der Waals surface area contributed by atoms with E-state index in [-0.39, 0.29) is 5.69 Å². The largest absolute Gasteiger partial charge is 0.355 e. The first kappa shape index (κ1) is 12.9. The van der Waals surface area contributed by atoms with Gasteiger partial charge in [0.25, 0.3) is 10.0 Å². The highest BCUT2D eigenvalue weighted by atomic mass is 127. The van der Waals surface area contributed by atoms with E-state index in [1.165, 1.54) is 18.2 Å². The maximum absolute atomic E-state index is 12.0. The zero-order valence-corrected chi connectivity index (χ0v) is 10.8. The van der Waals surface area contributed by atoms with Crippen molar-refractivity contribution in [3.05, 3.63) is 26.8 Å². The molecule has 0 aromatic heterocycles. The Bertz CT molecular complexity index is 466. The summed E-state index contributed by atoms with van der Waals surface area (Å²) < 4.78 is 48.0. The standard InChI is InChI=1S/C7H5ClF2INO2S/c8-4-1-2-6(5(11)3-4)12-15(13,14)7(9)10/h1-3,7,12H. The monoisotopic (exact) mass is 367 g/mol. The van der Waals surface area contributed by atoms with E-state index in [2.05, 4.69) is 0 Å². The Morgan fingerprint density at radius 2 is 2.00 bits per heavy atom. The molecule has 0 spiro atoms. The second-order valence-corrected chi connectivity index (χ2v) is 5.78. The summed E-state index contributed by atoms with van der Waals surface area (Å²) in [5, 5.41) is 0.402. The van der Waals surface area contributed by atoms with Gasteiger partial charge in [-0.25, -0.2) is 8.42 Å². The zero-order valence-electron chi connectivity index (χ0n) is 7.05. The van der Waals surface area contributed by atoms with Gasteiger partial charge in [0.2, 0.25) is 0 Å². The van der Waals surface area contributed by atoms with Crippen LogP contribution in [-0.4, -0.2) is 14.2 Å². The summed E-state index contributed by atoms with van der Waals surface area (Å²) in [5.74, 6) is -3.45. The van der Waals surface area contributed by atoms with Crippen molar-refractivity contribution in [3.63, 3.8) is 0 Å². The summed E-state index contributed by atoms with van der Waals surface area (Å²) in [5.41, 5.74) is 0.0836. The maximum Gasteiger partial charge on any atom is 0.355 e. The fourth-order valence-electron chi connectivity index (χ4n) is 0.770. The van der Waals surface area contributed by atoms with Crippen LogP contribution in [-0.2, 0) is 10.0 Å². The van der Waals surface area contributed by atoms with Gasteiger partial charge in [-0.2, -0.15) is 8.78 Å². The van der Waals surface area contributed by atoms with Gasteiger partial charge in [-0.1, -0.05) is 11.6 Å². The zero-order chi connectivity index (χ0) is 11.6. The lowest BCUT2D eigenvalue weighted by atomic mass is 10.3. The normalized spacial score (nSPS) is 11.8. The van der Waals surface area contributed by atoms with Crippen molar-refractivity contribution in [2.75, 3.05) is 4.72 Å². The summed E-state index contributed by atoms with van der Waals surface area (Å²) >= 11 is 7.41. The van der Waals surface area contributed by atoms with Crippen LogP contribution in [0.2, 0.25) is 5.02 Å². The topological polar surface area (TPSA) is 46.2 Å². The lowest BCUT2D eigenvalue weighted by molar-refractivity contribution is 0.236. The Balaban J connectivity index is 3.01. The number of alkyl halides is 2. The third-order valence-electron chi connectivity index (χ3n) is 1.42. The van der Waals surface area contributed by atoms with Crippen LogP contribution in [0, 0.1) is 3.57 Å². The first-order valence-corrected chi connectivity index (χ1v) is 6.58.